The summed E-state index contributed by atoms with van der Waals surface area (Å²) in [6.07, 6.45) is -1.14. The summed E-state index contributed by atoms with van der Waals surface area (Å²) in [4.78, 5) is 11.7. The quantitative estimate of drug-likeness (QED) is 0.513. The minimum absolute atomic E-state index is 0.265. The molecule has 2 rings (SSSR count). The minimum Gasteiger partial charge on any atom is -0.323 e. The molecule has 0 radical (unpaired) electrons. The van der Waals surface area contributed by atoms with Crippen LogP contribution < -0.4 is 5.32 Å². The van der Waals surface area contributed by atoms with E-state index in [4.69, 9.17) is 0 Å². The summed E-state index contributed by atoms with van der Waals surface area (Å²) in [7, 11) is 0. The number of benzene rings is 2. The number of hydrogen-bond acceptors (Lipinski definition) is 1. The van der Waals surface area contributed by atoms with Gasteiger partial charge < -0.3 is 5.32 Å². The Bertz CT molecular complexity index is 761. The van der Waals surface area contributed by atoms with Crippen molar-refractivity contribution in [1.29, 1.82) is 0 Å². The zero-order chi connectivity index (χ0) is 17.3. The van der Waals surface area contributed by atoms with E-state index in [1.54, 1.807) is 6.92 Å². The van der Waals surface area contributed by atoms with Crippen molar-refractivity contribution in [1.82, 2.24) is 0 Å². The molecule has 1 N–H and O–H groups in total. The molecule has 0 heterocycles. The summed E-state index contributed by atoms with van der Waals surface area (Å²) in [5.41, 5.74) is -0.955. The van der Waals surface area contributed by atoms with Gasteiger partial charge in [-0.05, 0) is 24.6 Å². The number of hydrogen-bond donors (Lipinski definition) is 1. The van der Waals surface area contributed by atoms with Crippen molar-refractivity contribution in [3.63, 3.8) is 0 Å². The third-order valence-electron chi connectivity index (χ3n) is 3.03. The molecule has 2 nitrogen and oxygen atoms in total. The molecule has 1 amide bonds. The topological polar surface area (TPSA) is 29.1 Å². The van der Waals surface area contributed by atoms with E-state index in [2.05, 4.69) is 0 Å². The number of anilines is 1. The van der Waals surface area contributed by atoms with Gasteiger partial charge in [0.05, 0.1) is 12.1 Å². The van der Waals surface area contributed by atoms with E-state index in [1.807, 2.05) is 5.32 Å². The average Bonchev–Trinajstić information content (AvgIpc) is 2.51. The Labute approximate surface area is 126 Å². The van der Waals surface area contributed by atoms with Gasteiger partial charge in [-0.25, -0.2) is 26.3 Å². The van der Waals surface area contributed by atoms with Crippen molar-refractivity contribution in [2.75, 3.05) is 5.32 Å². The van der Waals surface area contributed by atoms with Crippen LogP contribution in [0.5, 0.6) is 0 Å². The number of carbonyl (C=O) groups excluding carboxylic acids is 1. The van der Waals surface area contributed by atoms with Crippen LogP contribution in [-0.4, -0.2) is 5.91 Å². The number of nitrogens with one attached hydrogen (secondary N) is 1. The molecule has 0 aliphatic carbocycles. The monoisotopic (exact) mass is 333 g/mol. The molecular weight excluding hydrogens is 324 g/mol. The smallest absolute Gasteiger partial charge is 0.229 e. The second-order valence-corrected chi connectivity index (χ2v) is 4.76. The lowest BCUT2D eigenvalue weighted by molar-refractivity contribution is -0.115. The Kier molecular flexibility index (Phi) is 4.63. The van der Waals surface area contributed by atoms with E-state index in [9.17, 15) is 31.1 Å². The van der Waals surface area contributed by atoms with Crippen LogP contribution in [0.25, 0.3) is 0 Å². The molecule has 2 aromatic carbocycles. The maximum atomic E-state index is 13.5. The molecule has 0 atom stereocenters. The van der Waals surface area contributed by atoms with E-state index in [1.165, 1.54) is 12.1 Å². The molecule has 0 aromatic heterocycles. The van der Waals surface area contributed by atoms with Crippen LogP contribution in [0.15, 0.2) is 18.2 Å². The molecular formula is C15H9F6NO. The molecule has 0 aliphatic heterocycles. The minimum atomic E-state index is -2.31. The van der Waals surface area contributed by atoms with Gasteiger partial charge in [0.1, 0.15) is 5.82 Å². The molecule has 0 bridgehead atoms. The molecule has 0 saturated carbocycles. The van der Waals surface area contributed by atoms with Crippen LogP contribution in [-0.2, 0) is 11.2 Å². The highest BCUT2D eigenvalue weighted by Gasteiger charge is 2.27. The van der Waals surface area contributed by atoms with Crippen molar-refractivity contribution >= 4 is 11.6 Å². The maximum Gasteiger partial charge on any atom is 0.229 e. The molecule has 122 valence electrons. The van der Waals surface area contributed by atoms with Crippen LogP contribution in [0.1, 0.15) is 11.1 Å². The summed E-state index contributed by atoms with van der Waals surface area (Å²) < 4.78 is 79.4. The van der Waals surface area contributed by atoms with Crippen LogP contribution >= 0.6 is 0 Å². The first-order chi connectivity index (χ1) is 10.7. The molecule has 0 unspecified atom stereocenters. The number of halogens is 6. The van der Waals surface area contributed by atoms with Gasteiger partial charge >= 0.3 is 0 Å². The van der Waals surface area contributed by atoms with E-state index in [-0.39, 0.29) is 5.69 Å². The van der Waals surface area contributed by atoms with Gasteiger partial charge in [-0.2, -0.15) is 0 Å². The standard InChI is InChI=1S/C15H9F6NO/c1-6-2-3-8(16)9(4-6)22-10(23)5-7-11(17)13(19)15(21)14(20)12(7)18/h2-4H,5H2,1H3,(H,22,23). The lowest BCUT2D eigenvalue weighted by Crippen LogP contribution is -2.19. The van der Waals surface area contributed by atoms with Gasteiger partial charge in [0.15, 0.2) is 23.3 Å². The first-order valence-electron chi connectivity index (χ1n) is 6.28. The molecule has 23 heavy (non-hydrogen) atoms. The van der Waals surface area contributed by atoms with Gasteiger partial charge in [0.2, 0.25) is 11.7 Å². The van der Waals surface area contributed by atoms with Gasteiger partial charge in [0.25, 0.3) is 0 Å². The number of carbonyl (C=O) groups is 1. The van der Waals surface area contributed by atoms with Gasteiger partial charge in [-0.15, -0.1) is 0 Å². The second kappa shape index (κ2) is 6.31. The number of rotatable bonds is 3. The molecule has 8 heteroatoms. The highest BCUT2D eigenvalue weighted by atomic mass is 19.2. The fourth-order valence-corrected chi connectivity index (χ4v) is 1.90. The second-order valence-electron chi connectivity index (χ2n) is 4.76. The van der Waals surface area contributed by atoms with E-state index in [0.717, 1.165) is 6.07 Å². The van der Waals surface area contributed by atoms with E-state index < -0.39 is 52.8 Å². The Morgan fingerprint density at radius 1 is 0.913 bits per heavy atom. The van der Waals surface area contributed by atoms with E-state index >= 15 is 0 Å². The Balaban J connectivity index is 2.29. The summed E-state index contributed by atoms with van der Waals surface area (Å²) >= 11 is 0. The highest BCUT2D eigenvalue weighted by molar-refractivity contribution is 5.92. The summed E-state index contributed by atoms with van der Waals surface area (Å²) in [5, 5.41) is 2.02. The van der Waals surface area contributed by atoms with Crippen molar-refractivity contribution in [2.24, 2.45) is 0 Å². The van der Waals surface area contributed by atoms with E-state index in [0.29, 0.717) is 5.56 Å². The first-order valence-corrected chi connectivity index (χ1v) is 6.28. The highest BCUT2D eigenvalue weighted by Crippen LogP contribution is 2.24. The number of amides is 1. The van der Waals surface area contributed by atoms with Crippen LogP contribution in [0.4, 0.5) is 32.0 Å². The SMILES string of the molecule is Cc1ccc(F)c(NC(=O)Cc2c(F)c(F)c(F)c(F)c2F)c1. The first kappa shape index (κ1) is 16.9. The summed E-state index contributed by atoms with van der Waals surface area (Å²) in [6, 6.07) is 3.74. The van der Waals surface area contributed by atoms with Crippen LogP contribution in [0.3, 0.4) is 0 Å². The van der Waals surface area contributed by atoms with Crippen molar-refractivity contribution in [2.45, 2.75) is 13.3 Å². The predicted molar refractivity (Wildman–Crippen MR) is 69.7 cm³/mol. The lowest BCUT2D eigenvalue weighted by atomic mass is 10.1. The van der Waals surface area contributed by atoms with Gasteiger partial charge in [-0.3, -0.25) is 4.79 Å². The summed E-state index contributed by atoms with van der Waals surface area (Å²) in [6.45, 7) is 1.61. The molecule has 0 spiro atoms. The zero-order valence-corrected chi connectivity index (χ0v) is 11.6. The average molecular weight is 333 g/mol. The third kappa shape index (κ3) is 3.30. The number of aryl methyl sites for hydroxylation is 1. The predicted octanol–water partition coefficient (Wildman–Crippen LogP) is 4.01. The maximum absolute atomic E-state index is 13.5. The molecule has 0 saturated heterocycles. The van der Waals surface area contributed by atoms with Gasteiger partial charge in [-0.1, -0.05) is 6.07 Å². The fourth-order valence-electron chi connectivity index (χ4n) is 1.90. The zero-order valence-electron chi connectivity index (χ0n) is 11.6. The largest absolute Gasteiger partial charge is 0.323 e. The van der Waals surface area contributed by atoms with Crippen molar-refractivity contribution < 1.29 is 31.1 Å². The Morgan fingerprint density at radius 3 is 2.00 bits per heavy atom. The summed E-state index contributed by atoms with van der Waals surface area (Å²) in [5.74, 6) is -12.7. The third-order valence-corrected chi connectivity index (χ3v) is 3.03. The van der Waals surface area contributed by atoms with Crippen LogP contribution in [0.2, 0.25) is 0 Å². The lowest BCUT2D eigenvalue weighted by Gasteiger charge is -2.10. The Hall–Kier alpha value is -2.51. The van der Waals surface area contributed by atoms with Crippen molar-refractivity contribution in [3.8, 4) is 0 Å². The van der Waals surface area contributed by atoms with Crippen LogP contribution in [0, 0.1) is 41.8 Å². The fraction of sp³-hybridized carbons (Fsp3) is 0.133. The molecule has 2 aromatic rings. The van der Waals surface area contributed by atoms with Gasteiger partial charge in [0, 0.05) is 5.56 Å². The molecule has 0 aliphatic rings. The molecule has 0 fully saturated rings. The Morgan fingerprint density at radius 2 is 1.43 bits per heavy atom. The normalized spacial score (nSPS) is 10.7. The van der Waals surface area contributed by atoms with Crippen molar-refractivity contribution in [3.05, 3.63) is 64.2 Å².